The lowest BCUT2D eigenvalue weighted by Crippen LogP contribution is -2.41. The van der Waals surface area contributed by atoms with Crippen LogP contribution >= 0.6 is 0 Å². The molecule has 1 fully saturated rings. The number of pyridine rings is 1. The van der Waals surface area contributed by atoms with Gasteiger partial charge in [-0.3, -0.25) is 14.6 Å². The van der Waals surface area contributed by atoms with E-state index in [0.717, 1.165) is 19.3 Å². The van der Waals surface area contributed by atoms with Gasteiger partial charge in [0.2, 0.25) is 15.8 Å². The van der Waals surface area contributed by atoms with Crippen molar-refractivity contribution in [2.24, 2.45) is 5.92 Å². The number of sulfonamides is 1. The summed E-state index contributed by atoms with van der Waals surface area (Å²) < 4.78 is 32.2. The lowest BCUT2D eigenvalue weighted by atomic mass is 9.98. The van der Waals surface area contributed by atoms with Crippen molar-refractivity contribution in [2.75, 3.05) is 13.1 Å². The second-order valence-electron chi connectivity index (χ2n) is 8.15. The maximum Gasteiger partial charge on any atom is 0.309 e. The van der Waals surface area contributed by atoms with Gasteiger partial charge in [0, 0.05) is 31.0 Å². The quantitative estimate of drug-likeness (QED) is 0.504. The molecule has 2 aliphatic rings. The highest BCUT2D eigenvalue weighted by atomic mass is 32.2. The molecule has 0 spiro atoms. The number of hydrogen-bond acceptors (Lipinski definition) is 6. The summed E-state index contributed by atoms with van der Waals surface area (Å²) >= 11 is 0. The highest BCUT2D eigenvalue weighted by Gasteiger charge is 2.34. The van der Waals surface area contributed by atoms with Crippen LogP contribution in [0.25, 0.3) is 0 Å². The number of fused-ring (bicyclic) bond motifs is 1. The predicted molar refractivity (Wildman–Crippen MR) is 114 cm³/mol. The molecule has 7 nitrogen and oxygen atoms in total. The number of benzene rings is 1. The van der Waals surface area contributed by atoms with Gasteiger partial charge in [-0.15, -0.1) is 0 Å². The van der Waals surface area contributed by atoms with Gasteiger partial charge in [-0.2, -0.15) is 4.31 Å². The molecule has 0 bridgehead atoms. The van der Waals surface area contributed by atoms with E-state index in [-0.39, 0.29) is 23.8 Å². The van der Waals surface area contributed by atoms with Gasteiger partial charge in [0.15, 0.2) is 6.10 Å². The average Bonchev–Trinajstić information content (AvgIpc) is 3.27. The van der Waals surface area contributed by atoms with Gasteiger partial charge in [0.1, 0.15) is 4.90 Å². The third-order valence-electron chi connectivity index (χ3n) is 6.10. The number of esters is 1. The fourth-order valence-corrected chi connectivity index (χ4v) is 5.70. The van der Waals surface area contributed by atoms with Crippen LogP contribution in [0.4, 0.5) is 0 Å². The van der Waals surface area contributed by atoms with Gasteiger partial charge >= 0.3 is 5.97 Å². The fourth-order valence-electron chi connectivity index (χ4n) is 4.26. The van der Waals surface area contributed by atoms with E-state index in [9.17, 15) is 18.0 Å². The zero-order valence-corrected chi connectivity index (χ0v) is 18.3. The van der Waals surface area contributed by atoms with E-state index in [1.54, 1.807) is 19.1 Å². The van der Waals surface area contributed by atoms with Gasteiger partial charge in [0.05, 0.1) is 5.92 Å². The Morgan fingerprint density at radius 1 is 1.13 bits per heavy atom. The summed E-state index contributed by atoms with van der Waals surface area (Å²) in [7, 11) is -3.62. The lowest BCUT2D eigenvalue weighted by molar-refractivity contribution is -0.152. The van der Waals surface area contributed by atoms with Crippen molar-refractivity contribution >= 4 is 21.8 Å². The first kappa shape index (κ1) is 21.6. The molecule has 1 aliphatic heterocycles. The minimum atomic E-state index is -3.62. The molecule has 0 radical (unpaired) electrons. The third kappa shape index (κ3) is 4.55. The summed E-state index contributed by atoms with van der Waals surface area (Å²) in [4.78, 5) is 29.4. The smallest absolute Gasteiger partial charge is 0.309 e. The Balaban J connectivity index is 1.33. The maximum atomic E-state index is 12.7. The monoisotopic (exact) mass is 442 g/mol. The van der Waals surface area contributed by atoms with E-state index in [4.69, 9.17) is 4.74 Å². The minimum Gasteiger partial charge on any atom is -0.454 e. The highest BCUT2D eigenvalue weighted by molar-refractivity contribution is 7.89. The van der Waals surface area contributed by atoms with Crippen LogP contribution < -0.4 is 0 Å². The first-order chi connectivity index (χ1) is 14.9. The number of carbonyl (C=O) groups excluding carboxylic acids is 2. The van der Waals surface area contributed by atoms with E-state index < -0.39 is 28.0 Å². The molecule has 1 aromatic carbocycles. The second-order valence-corrected chi connectivity index (χ2v) is 10.1. The van der Waals surface area contributed by atoms with E-state index in [2.05, 4.69) is 4.98 Å². The average molecular weight is 443 g/mol. The molecule has 0 saturated carbocycles. The van der Waals surface area contributed by atoms with Gasteiger partial charge in [-0.05, 0) is 68.4 Å². The van der Waals surface area contributed by atoms with Crippen molar-refractivity contribution in [3.63, 3.8) is 0 Å². The number of aromatic nitrogens is 1. The second kappa shape index (κ2) is 8.88. The van der Waals surface area contributed by atoms with E-state index >= 15 is 0 Å². The molecule has 1 aliphatic carbocycles. The molecule has 1 aromatic heterocycles. The summed E-state index contributed by atoms with van der Waals surface area (Å²) in [5, 5.41) is 0. The van der Waals surface area contributed by atoms with Crippen LogP contribution in [0, 0.1) is 5.92 Å². The summed E-state index contributed by atoms with van der Waals surface area (Å²) in [5.41, 5.74) is 3.05. The van der Waals surface area contributed by atoms with Crippen LogP contribution in [0.5, 0.6) is 0 Å². The molecule has 0 amide bonds. The molecule has 4 rings (SSSR count). The molecular formula is C23H26N2O5S. The van der Waals surface area contributed by atoms with Crippen molar-refractivity contribution in [3.05, 3.63) is 59.4 Å². The normalized spacial score (nSPS) is 18.4. The Kier molecular flexibility index (Phi) is 6.20. The number of aryl methyl sites for hydroxylation is 2. The molecule has 31 heavy (non-hydrogen) atoms. The number of ketones is 1. The van der Waals surface area contributed by atoms with Crippen molar-refractivity contribution in [1.82, 2.24) is 9.29 Å². The molecule has 2 heterocycles. The Morgan fingerprint density at radius 3 is 2.58 bits per heavy atom. The standard InChI is InChI=1S/C23H26N2O5S/c1-16(22(26)20-8-7-17-4-2-5-19(17)14-20)30-23(27)18-9-12-25(13-10-18)31(28,29)21-6-3-11-24-15-21/h3,6-8,11,14-16,18H,2,4-5,9-10,12-13H2,1H3. The summed E-state index contributed by atoms with van der Waals surface area (Å²) in [5.74, 6) is -1.07. The number of nitrogens with zero attached hydrogens (tertiary/aromatic N) is 2. The van der Waals surface area contributed by atoms with Crippen molar-refractivity contribution in [2.45, 2.75) is 50.0 Å². The number of carbonyl (C=O) groups is 2. The number of rotatable bonds is 6. The SMILES string of the molecule is CC(OC(=O)C1CCN(S(=O)(=O)c2cccnc2)CC1)C(=O)c1ccc2c(c1)CCC2. The maximum absolute atomic E-state index is 12.7. The molecule has 1 unspecified atom stereocenters. The fraction of sp³-hybridized carbons (Fsp3) is 0.435. The molecule has 164 valence electrons. The Morgan fingerprint density at radius 2 is 1.87 bits per heavy atom. The number of Topliss-reactive ketones (excluding diaryl/α,β-unsaturated/α-hetero) is 1. The van der Waals surface area contributed by atoms with Crippen LogP contribution in [0.3, 0.4) is 0 Å². The summed E-state index contributed by atoms with van der Waals surface area (Å²) in [6, 6.07) is 8.79. The molecular weight excluding hydrogens is 416 g/mol. The number of piperidine rings is 1. The van der Waals surface area contributed by atoms with Crippen molar-refractivity contribution in [3.8, 4) is 0 Å². The lowest BCUT2D eigenvalue weighted by Gasteiger charge is -2.30. The first-order valence-corrected chi connectivity index (χ1v) is 12.1. The zero-order valence-electron chi connectivity index (χ0n) is 17.5. The number of hydrogen-bond donors (Lipinski definition) is 0. The Labute approximate surface area is 182 Å². The van der Waals surface area contributed by atoms with Gasteiger partial charge in [-0.1, -0.05) is 12.1 Å². The molecule has 0 N–H and O–H groups in total. The minimum absolute atomic E-state index is 0.143. The van der Waals surface area contributed by atoms with Crippen LogP contribution in [-0.4, -0.2) is 48.7 Å². The van der Waals surface area contributed by atoms with Crippen molar-refractivity contribution in [1.29, 1.82) is 0 Å². The molecule has 8 heteroatoms. The molecule has 1 saturated heterocycles. The molecule has 1 atom stereocenters. The molecule has 2 aromatic rings. The first-order valence-electron chi connectivity index (χ1n) is 10.6. The Hall–Kier alpha value is -2.58. The van der Waals surface area contributed by atoms with Crippen LogP contribution in [0.15, 0.2) is 47.6 Å². The number of ether oxygens (including phenoxy) is 1. The van der Waals surface area contributed by atoms with Crippen LogP contribution in [0.2, 0.25) is 0 Å². The van der Waals surface area contributed by atoms with Crippen LogP contribution in [0.1, 0.15) is 47.7 Å². The highest BCUT2D eigenvalue weighted by Crippen LogP contribution is 2.26. The van der Waals surface area contributed by atoms with Gasteiger partial charge in [-0.25, -0.2) is 8.42 Å². The van der Waals surface area contributed by atoms with Crippen molar-refractivity contribution < 1.29 is 22.7 Å². The van der Waals surface area contributed by atoms with Gasteiger partial charge in [0.25, 0.3) is 0 Å². The zero-order chi connectivity index (χ0) is 22.0. The van der Waals surface area contributed by atoms with E-state index in [0.29, 0.717) is 18.4 Å². The largest absolute Gasteiger partial charge is 0.454 e. The predicted octanol–water partition coefficient (Wildman–Crippen LogP) is 2.79. The topological polar surface area (TPSA) is 93.6 Å². The van der Waals surface area contributed by atoms with E-state index in [1.807, 2.05) is 12.1 Å². The van der Waals surface area contributed by atoms with Crippen LogP contribution in [-0.2, 0) is 32.4 Å². The Bertz CT molecular complexity index is 1080. The third-order valence-corrected chi connectivity index (χ3v) is 7.99. The van der Waals surface area contributed by atoms with E-state index in [1.165, 1.54) is 33.9 Å². The summed E-state index contributed by atoms with van der Waals surface area (Å²) in [6.45, 7) is 2.05. The summed E-state index contributed by atoms with van der Waals surface area (Å²) in [6.07, 6.45) is 5.82. The van der Waals surface area contributed by atoms with Gasteiger partial charge < -0.3 is 4.74 Å².